The summed E-state index contributed by atoms with van der Waals surface area (Å²) in [7, 11) is -4.46. The molecule has 22 heavy (non-hydrogen) atoms. The van der Waals surface area contributed by atoms with Crippen LogP contribution in [0.25, 0.3) is 11.1 Å². The van der Waals surface area contributed by atoms with Crippen LogP contribution in [0.1, 0.15) is 50.7 Å². The number of aryl methyl sites for hydroxylation is 1. The molecular formula is C17H21NaO3S. The number of unbranched alkanes of at least 4 members (excludes halogenated alkanes) is 1. The summed E-state index contributed by atoms with van der Waals surface area (Å²) in [6, 6.07) is 9.25. The van der Waals surface area contributed by atoms with Crippen molar-refractivity contribution in [1.29, 1.82) is 0 Å². The van der Waals surface area contributed by atoms with Gasteiger partial charge < -0.3 is 4.55 Å². The number of rotatable bonds is 5. The topological polar surface area (TPSA) is 57.2 Å². The molecule has 3 nitrogen and oxygen atoms in total. The van der Waals surface area contributed by atoms with Crippen LogP contribution in [0.3, 0.4) is 0 Å². The third-order valence-corrected chi connectivity index (χ3v) is 4.68. The van der Waals surface area contributed by atoms with Crippen molar-refractivity contribution in [1.82, 2.24) is 0 Å². The van der Waals surface area contributed by atoms with E-state index in [0.717, 1.165) is 36.0 Å². The summed E-state index contributed by atoms with van der Waals surface area (Å²) in [6.07, 6.45) is 2.80. The molecular weight excluding hydrogens is 307 g/mol. The summed E-state index contributed by atoms with van der Waals surface area (Å²) in [6.45, 7) is 6.19. The van der Waals surface area contributed by atoms with Gasteiger partial charge in [-0.3, -0.25) is 0 Å². The molecule has 0 spiro atoms. The van der Waals surface area contributed by atoms with E-state index in [1.165, 1.54) is 0 Å². The minimum Gasteiger partial charge on any atom is -0.744 e. The van der Waals surface area contributed by atoms with Crippen molar-refractivity contribution in [3.63, 3.8) is 0 Å². The van der Waals surface area contributed by atoms with Gasteiger partial charge in [0.15, 0.2) is 0 Å². The van der Waals surface area contributed by atoms with Crippen LogP contribution in [-0.2, 0) is 16.5 Å². The molecule has 0 aliphatic heterocycles. The zero-order valence-electron chi connectivity index (χ0n) is 13.7. The van der Waals surface area contributed by atoms with E-state index in [9.17, 15) is 13.0 Å². The van der Waals surface area contributed by atoms with Crippen molar-refractivity contribution in [3.8, 4) is 11.1 Å². The third kappa shape index (κ3) is 4.33. The van der Waals surface area contributed by atoms with Gasteiger partial charge in [0.05, 0.1) is 4.90 Å². The fourth-order valence-corrected chi connectivity index (χ4v) is 3.30. The normalized spacial score (nSPS) is 11.7. The Morgan fingerprint density at radius 3 is 2.36 bits per heavy atom. The van der Waals surface area contributed by atoms with Crippen LogP contribution in [0.15, 0.2) is 35.2 Å². The molecule has 0 heterocycles. The van der Waals surface area contributed by atoms with Crippen molar-refractivity contribution in [3.05, 3.63) is 41.5 Å². The minimum atomic E-state index is -4.46. The Balaban J connectivity index is 0.00000242. The molecule has 0 saturated heterocycles. The fourth-order valence-electron chi connectivity index (χ4n) is 2.58. The maximum absolute atomic E-state index is 11.6. The quantitative estimate of drug-likeness (QED) is 0.611. The predicted molar refractivity (Wildman–Crippen MR) is 83.7 cm³/mol. The van der Waals surface area contributed by atoms with Gasteiger partial charge in [0.1, 0.15) is 10.1 Å². The van der Waals surface area contributed by atoms with E-state index < -0.39 is 10.1 Å². The molecule has 0 saturated carbocycles. The fraction of sp³-hybridized carbons (Fsp3) is 0.412. The molecule has 114 valence electrons. The standard InChI is InChI=1S/C17H22O3S.Na/c1-4-5-7-14-11-17(21(18,19)20)16-10-13(12(2)3)8-6-9-15(14)16;/h6,8-12H,4-5,7H2,1-3H3,(H,18,19,20);/q;+1/p-1. The van der Waals surface area contributed by atoms with Gasteiger partial charge in [-0.25, -0.2) is 8.42 Å². The first-order valence-electron chi connectivity index (χ1n) is 7.36. The van der Waals surface area contributed by atoms with E-state index in [-0.39, 0.29) is 40.4 Å². The van der Waals surface area contributed by atoms with E-state index in [1.54, 1.807) is 6.07 Å². The molecule has 0 bridgehead atoms. The van der Waals surface area contributed by atoms with Crippen molar-refractivity contribution in [2.24, 2.45) is 0 Å². The van der Waals surface area contributed by atoms with Gasteiger partial charge in [-0.15, -0.1) is 0 Å². The zero-order chi connectivity index (χ0) is 15.6. The largest absolute Gasteiger partial charge is 1.00 e. The van der Waals surface area contributed by atoms with Gasteiger partial charge in [-0.2, -0.15) is 0 Å². The van der Waals surface area contributed by atoms with Crippen molar-refractivity contribution < 1.29 is 42.5 Å². The molecule has 0 aromatic carbocycles. The first kappa shape index (κ1) is 19.7. The molecule has 0 aromatic rings. The van der Waals surface area contributed by atoms with Crippen LogP contribution in [0.2, 0.25) is 0 Å². The molecule has 0 N–H and O–H groups in total. The Bertz CT molecular complexity index is 708. The van der Waals surface area contributed by atoms with Crippen molar-refractivity contribution >= 4 is 10.1 Å². The average molecular weight is 328 g/mol. The first-order valence-corrected chi connectivity index (χ1v) is 8.77. The Morgan fingerprint density at radius 1 is 1.14 bits per heavy atom. The molecule has 0 unspecified atom stereocenters. The zero-order valence-corrected chi connectivity index (χ0v) is 16.5. The average Bonchev–Trinajstić information content (AvgIpc) is 2.59. The van der Waals surface area contributed by atoms with Gasteiger partial charge in [-0.1, -0.05) is 45.4 Å². The summed E-state index contributed by atoms with van der Waals surface area (Å²) in [5.41, 5.74) is 3.42. The minimum absolute atomic E-state index is 0. The van der Waals surface area contributed by atoms with E-state index in [1.807, 2.05) is 38.1 Å². The third-order valence-electron chi connectivity index (χ3n) is 3.81. The van der Waals surface area contributed by atoms with Crippen LogP contribution in [0.5, 0.6) is 0 Å². The van der Waals surface area contributed by atoms with Crippen molar-refractivity contribution in [2.45, 2.75) is 50.8 Å². The van der Waals surface area contributed by atoms with E-state index >= 15 is 0 Å². The van der Waals surface area contributed by atoms with E-state index in [4.69, 9.17) is 0 Å². The van der Waals surface area contributed by atoms with Crippen LogP contribution >= 0.6 is 0 Å². The summed E-state index contributed by atoms with van der Waals surface area (Å²) < 4.78 is 34.7. The van der Waals surface area contributed by atoms with Gasteiger partial charge >= 0.3 is 29.6 Å². The molecule has 0 atom stereocenters. The molecule has 0 radical (unpaired) electrons. The Hall–Kier alpha value is -0.390. The molecule has 0 amide bonds. The number of fused-ring (bicyclic) bond motifs is 1. The van der Waals surface area contributed by atoms with Gasteiger partial charge in [0.2, 0.25) is 0 Å². The van der Waals surface area contributed by atoms with Gasteiger partial charge in [0, 0.05) is 0 Å². The van der Waals surface area contributed by atoms with E-state index in [2.05, 4.69) is 6.92 Å². The summed E-state index contributed by atoms with van der Waals surface area (Å²) in [5, 5.41) is 0. The second-order valence-corrected chi connectivity index (χ2v) is 7.09. The van der Waals surface area contributed by atoms with Crippen LogP contribution in [0, 0.1) is 0 Å². The number of hydrogen-bond donors (Lipinski definition) is 0. The van der Waals surface area contributed by atoms with Gasteiger partial charge in [-0.05, 0) is 53.1 Å². The maximum Gasteiger partial charge on any atom is 1.00 e. The molecule has 2 aliphatic carbocycles. The van der Waals surface area contributed by atoms with Crippen LogP contribution < -0.4 is 29.6 Å². The Kier molecular flexibility index (Phi) is 7.09. The second kappa shape index (κ2) is 7.93. The summed E-state index contributed by atoms with van der Waals surface area (Å²) >= 11 is 0. The second-order valence-electron chi connectivity index (χ2n) is 5.74. The predicted octanol–water partition coefficient (Wildman–Crippen LogP) is 1.17. The summed E-state index contributed by atoms with van der Waals surface area (Å²) in [4.78, 5) is -0.0818. The van der Waals surface area contributed by atoms with Crippen molar-refractivity contribution in [2.75, 3.05) is 0 Å². The summed E-state index contributed by atoms with van der Waals surface area (Å²) in [5.74, 6) is 0.275. The molecule has 0 aromatic heterocycles. The SMILES string of the molecule is CCCCc1cc(S(=O)(=O)[O-])c2cc(C(C)C)cccc1-2.[Na+]. The molecule has 0 fully saturated rings. The molecule has 5 heteroatoms. The van der Waals surface area contributed by atoms with Crippen LogP contribution in [0.4, 0.5) is 0 Å². The smallest absolute Gasteiger partial charge is 0.744 e. The van der Waals surface area contributed by atoms with Gasteiger partial charge in [0.25, 0.3) is 0 Å². The first-order chi connectivity index (χ1) is 9.84. The monoisotopic (exact) mass is 328 g/mol. The maximum atomic E-state index is 11.6. The number of hydrogen-bond acceptors (Lipinski definition) is 3. The van der Waals surface area contributed by atoms with E-state index in [0.29, 0.717) is 5.56 Å². The Labute approximate surface area is 155 Å². The molecule has 2 aliphatic rings. The molecule has 2 rings (SSSR count). The Morgan fingerprint density at radius 2 is 1.82 bits per heavy atom. The van der Waals surface area contributed by atoms with Crippen LogP contribution in [-0.4, -0.2) is 13.0 Å².